The third kappa shape index (κ3) is 4.84. The zero-order valence-corrected chi connectivity index (χ0v) is 14.2. The van der Waals surface area contributed by atoms with Gasteiger partial charge in [0.25, 0.3) is 0 Å². The Morgan fingerprint density at radius 3 is 2.59 bits per heavy atom. The molecule has 1 heterocycles. The van der Waals surface area contributed by atoms with Crippen molar-refractivity contribution in [2.75, 3.05) is 13.1 Å². The minimum absolute atomic E-state index is 0.113. The van der Waals surface area contributed by atoms with Crippen molar-refractivity contribution in [2.45, 2.75) is 52.5 Å². The standard InChI is InChI=1S/C19H30N2O/c1-14(2)19(17-7-5-4-6-15(17)3)21-18(22)9-8-16-10-12-20-13-11-16/h4-7,14,16,19-20H,8-13H2,1-3H3,(H,21,22). The molecule has 1 atom stereocenters. The molecule has 2 rings (SSSR count). The van der Waals surface area contributed by atoms with Gasteiger partial charge >= 0.3 is 0 Å². The van der Waals surface area contributed by atoms with Crippen molar-refractivity contribution < 1.29 is 4.79 Å². The predicted octanol–water partition coefficient (Wildman–Crippen LogP) is 3.59. The van der Waals surface area contributed by atoms with Crippen LogP contribution >= 0.6 is 0 Å². The molecule has 0 spiro atoms. The van der Waals surface area contributed by atoms with Gasteiger partial charge in [-0.25, -0.2) is 0 Å². The van der Waals surface area contributed by atoms with E-state index in [9.17, 15) is 4.79 Å². The second kappa shape index (κ2) is 8.33. The van der Waals surface area contributed by atoms with Crippen LogP contribution in [0.1, 0.15) is 56.7 Å². The number of carbonyl (C=O) groups is 1. The predicted molar refractivity (Wildman–Crippen MR) is 91.7 cm³/mol. The Morgan fingerprint density at radius 1 is 1.27 bits per heavy atom. The minimum Gasteiger partial charge on any atom is -0.349 e. The van der Waals surface area contributed by atoms with E-state index in [0.29, 0.717) is 18.3 Å². The first-order valence-corrected chi connectivity index (χ1v) is 8.63. The van der Waals surface area contributed by atoms with Crippen molar-refractivity contribution in [3.05, 3.63) is 35.4 Å². The summed E-state index contributed by atoms with van der Waals surface area (Å²) in [6.45, 7) is 8.66. The van der Waals surface area contributed by atoms with E-state index < -0.39 is 0 Å². The monoisotopic (exact) mass is 302 g/mol. The highest BCUT2D eigenvalue weighted by Crippen LogP contribution is 2.25. The first-order chi connectivity index (χ1) is 10.6. The largest absolute Gasteiger partial charge is 0.349 e. The lowest BCUT2D eigenvalue weighted by Crippen LogP contribution is -2.33. The zero-order valence-electron chi connectivity index (χ0n) is 14.2. The van der Waals surface area contributed by atoms with E-state index in [-0.39, 0.29) is 11.9 Å². The molecule has 0 aromatic heterocycles. The van der Waals surface area contributed by atoms with Crippen molar-refractivity contribution in [2.24, 2.45) is 11.8 Å². The molecule has 0 aliphatic carbocycles. The molecule has 2 N–H and O–H groups in total. The number of benzene rings is 1. The molecule has 1 aliphatic rings. The second-order valence-electron chi connectivity index (χ2n) is 6.88. The number of aryl methyl sites for hydroxylation is 1. The maximum Gasteiger partial charge on any atom is 0.220 e. The number of amides is 1. The molecule has 1 unspecified atom stereocenters. The van der Waals surface area contributed by atoms with E-state index in [1.165, 1.54) is 24.0 Å². The average molecular weight is 302 g/mol. The maximum atomic E-state index is 12.4. The Labute approximate surface area is 134 Å². The van der Waals surface area contributed by atoms with Crippen molar-refractivity contribution in [3.8, 4) is 0 Å². The number of hydrogen-bond donors (Lipinski definition) is 2. The highest BCUT2D eigenvalue weighted by atomic mass is 16.1. The number of nitrogens with one attached hydrogen (secondary N) is 2. The first-order valence-electron chi connectivity index (χ1n) is 8.63. The number of carbonyl (C=O) groups excluding carboxylic acids is 1. The van der Waals surface area contributed by atoms with Crippen LogP contribution in [0, 0.1) is 18.8 Å². The van der Waals surface area contributed by atoms with Crippen molar-refractivity contribution in [1.29, 1.82) is 0 Å². The molecule has 1 amide bonds. The molecule has 122 valence electrons. The van der Waals surface area contributed by atoms with E-state index in [2.05, 4.69) is 55.7 Å². The minimum atomic E-state index is 0.113. The van der Waals surface area contributed by atoms with Crippen LogP contribution < -0.4 is 10.6 Å². The molecule has 0 bridgehead atoms. The Balaban J connectivity index is 1.90. The maximum absolute atomic E-state index is 12.4. The summed E-state index contributed by atoms with van der Waals surface area (Å²) < 4.78 is 0. The summed E-state index contributed by atoms with van der Waals surface area (Å²) >= 11 is 0. The van der Waals surface area contributed by atoms with Gasteiger partial charge in [0.15, 0.2) is 0 Å². The second-order valence-corrected chi connectivity index (χ2v) is 6.88. The van der Waals surface area contributed by atoms with Gasteiger partial charge in [-0.15, -0.1) is 0 Å². The van der Waals surface area contributed by atoms with Crippen LogP contribution in [0.15, 0.2) is 24.3 Å². The third-order valence-corrected chi connectivity index (χ3v) is 4.75. The van der Waals surface area contributed by atoms with Crippen LogP contribution in [0.25, 0.3) is 0 Å². The molecule has 3 heteroatoms. The molecule has 1 fully saturated rings. The summed E-state index contributed by atoms with van der Waals surface area (Å²) in [5.74, 6) is 1.30. The molecule has 0 radical (unpaired) electrons. The molecule has 3 nitrogen and oxygen atoms in total. The van der Waals surface area contributed by atoms with Gasteiger partial charge in [0.2, 0.25) is 5.91 Å². The molecular weight excluding hydrogens is 272 g/mol. The summed E-state index contributed by atoms with van der Waals surface area (Å²) in [6.07, 6.45) is 4.09. The van der Waals surface area contributed by atoms with Crippen LogP contribution in [0.4, 0.5) is 0 Å². The van der Waals surface area contributed by atoms with Crippen molar-refractivity contribution >= 4 is 5.91 Å². The van der Waals surface area contributed by atoms with Crippen molar-refractivity contribution in [1.82, 2.24) is 10.6 Å². The molecule has 0 saturated carbocycles. The highest BCUT2D eigenvalue weighted by molar-refractivity contribution is 5.76. The number of rotatable bonds is 6. The first kappa shape index (κ1) is 17.0. The van der Waals surface area contributed by atoms with Crippen LogP contribution in [-0.2, 0) is 4.79 Å². The molecule has 1 aliphatic heterocycles. The van der Waals surface area contributed by atoms with Gasteiger partial charge in [-0.2, -0.15) is 0 Å². The summed E-state index contributed by atoms with van der Waals surface area (Å²) in [7, 11) is 0. The van der Waals surface area contributed by atoms with Gasteiger partial charge in [-0.05, 0) is 62.2 Å². The van der Waals surface area contributed by atoms with Gasteiger partial charge < -0.3 is 10.6 Å². The topological polar surface area (TPSA) is 41.1 Å². The van der Waals surface area contributed by atoms with E-state index in [4.69, 9.17) is 0 Å². The van der Waals surface area contributed by atoms with Crippen LogP contribution in [0.3, 0.4) is 0 Å². The van der Waals surface area contributed by atoms with E-state index in [0.717, 1.165) is 19.5 Å². The van der Waals surface area contributed by atoms with Crippen LogP contribution in [0.5, 0.6) is 0 Å². The molecule has 1 aromatic rings. The van der Waals surface area contributed by atoms with Gasteiger partial charge in [0.05, 0.1) is 6.04 Å². The third-order valence-electron chi connectivity index (χ3n) is 4.75. The van der Waals surface area contributed by atoms with Crippen LogP contribution in [-0.4, -0.2) is 19.0 Å². The van der Waals surface area contributed by atoms with Gasteiger partial charge in [0, 0.05) is 6.42 Å². The molecular formula is C19H30N2O. The quantitative estimate of drug-likeness (QED) is 0.843. The van der Waals surface area contributed by atoms with E-state index in [1.54, 1.807) is 0 Å². The fraction of sp³-hybridized carbons (Fsp3) is 0.632. The van der Waals surface area contributed by atoms with Gasteiger partial charge in [0.1, 0.15) is 0 Å². The molecule has 1 saturated heterocycles. The number of piperidine rings is 1. The lowest BCUT2D eigenvalue weighted by atomic mass is 9.91. The van der Waals surface area contributed by atoms with E-state index in [1.807, 2.05) is 0 Å². The summed E-state index contributed by atoms with van der Waals surface area (Å²) in [5.41, 5.74) is 2.49. The Morgan fingerprint density at radius 2 is 1.95 bits per heavy atom. The Hall–Kier alpha value is -1.35. The molecule has 1 aromatic carbocycles. The highest BCUT2D eigenvalue weighted by Gasteiger charge is 2.21. The fourth-order valence-corrected chi connectivity index (χ4v) is 3.29. The Bertz CT molecular complexity index is 478. The Kier molecular flexibility index (Phi) is 6.44. The SMILES string of the molecule is Cc1ccccc1C(NC(=O)CCC1CCNCC1)C(C)C. The number of hydrogen-bond acceptors (Lipinski definition) is 2. The van der Waals surface area contributed by atoms with Crippen molar-refractivity contribution in [3.63, 3.8) is 0 Å². The normalized spacial score (nSPS) is 17.5. The van der Waals surface area contributed by atoms with Gasteiger partial charge in [-0.3, -0.25) is 4.79 Å². The van der Waals surface area contributed by atoms with Gasteiger partial charge in [-0.1, -0.05) is 38.1 Å². The lowest BCUT2D eigenvalue weighted by molar-refractivity contribution is -0.122. The lowest BCUT2D eigenvalue weighted by Gasteiger charge is -2.26. The van der Waals surface area contributed by atoms with E-state index >= 15 is 0 Å². The average Bonchev–Trinajstić information content (AvgIpc) is 2.52. The van der Waals surface area contributed by atoms with Crippen LogP contribution in [0.2, 0.25) is 0 Å². The molecule has 22 heavy (non-hydrogen) atoms. The fourth-order valence-electron chi connectivity index (χ4n) is 3.29. The smallest absolute Gasteiger partial charge is 0.220 e. The summed E-state index contributed by atoms with van der Waals surface area (Å²) in [6, 6.07) is 8.47. The summed E-state index contributed by atoms with van der Waals surface area (Å²) in [5, 5.41) is 6.64. The zero-order chi connectivity index (χ0) is 15.9. The summed E-state index contributed by atoms with van der Waals surface area (Å²) in [4.78, 5) is 12.4.